The Bertz CT molecular complexity index is 1370. The smallest absolute Gasteiger partial charge is 0.135 e. The molecule has 0 atom stereocenters. The van der Waals surface area contributed by atoms with E-state index in [0.717, 1.165) is 25.8 Å². The van der Waals surface area contributed by atoms with Gasteiger partial charge in [0.05, 0.1) is 22.4 Å². The number of nitrogens with zero attached hydrogens (tertiary/aromatic N) is 3. The van der Waals surface area contributed by atoms with Gasteiger partial charge in [-0.15, -0.1) is 22.7 Å². The van der Waals surface area contributed by atoms with Crippen molar-refractivity contribution in [1.82, 2.24) is 4.98 Å². The second kappa shape index (κ2) is 7.86. The third kappa shape index (κ3) is 3.34. The number of anilines is 1. The molecule has 1 N–H and O–H groups in total. The molecule has 0 aliphatic heterocycles. The maximum absolute atomic E-state index is 9.83. The summed E-state index contributed by atoms with van der Waals surface area (Å²) in [5.41, 5.74) is 6.39. The summed E-state index contributed by atoms with van der Waals surface area (Å²) < 4.78 is 1.09. The maximum atomic E-state index is 9.83. The van der Waals surface area contributed by atoms with Crippen LogP contribution in [0.4, 0.5) is 5.69 Å². The molecule has 0 saturated heterocycles. The summed E-state index contributed by atoms with van der Waals surface area (Å²) >= 11 is 3.29. The number of fused-ring (bicyclic) bond motifs is 4. The number of allylic oxidation sites excluding steroid dienone is 1. The van der Waals surface area contributed by atoms with Gasteiger partial charge in [-0.05, 0) is 53.1 Å². The minimum absolute atomic E-state index is 0.119. The predicted molar refractivity (Wildman–Crippen MR) is 135 cm³/mol. The standard InChI is InChI=1S/C26H23N3OS2/c1-26(2)20-13-17(29(3)10-11-30)8-9-19(20)24-21(26)14-18(31-24)12-16(15-27)25-28-22-6-4-5-7-23(22)32-25/h4-9,12-14,30H,10-11H2,1-3H3/b16-12+. The Labute approximate surface area is 195 Å². The molecule has 4 nitrogen and oxygen atoms in total. The fourth-order valence-corrected chi connectivity index (χ4v) is 6.56. The predicted octanol–water partition coefficient (Wildman–Crippen LogP) is 6.16. The number of para-hydroxylation sites is 1. The summed E-state index contributed by atoms with van der Waals surface area (Å²) in [4.78, 5) is 9.08. The van der Waals surface area contributed by atoms with Gasteiger partial charge < -0.3 is 10.0 Å². The molecule has 2 aromatic heterocycles. The molecule has 6 heteroatoms. The Morgan fingerprint density at radius 1 is 1.16 bits per heavy atom. The topological polar surface area (TPSA) is 60.1 Å². The van der Waals surface area contributed by atoms with Gasteiger partial charge in [-0.1, -0.05) is 32.0 Å². The molecule has 1 aliphatic rings. The molecule has 32 heavy (non-hydrogen) atoms. The van der Waals surface area contributed by atoms with Crippen molar-refractivity contribution in [2.45, 2.75) is 19.3 Å². The van der Waals surface area contributed by atoms with Crippen LogP contribution >= 0.6 is 22.7 Å². The zero-order valence-electron chi connectivity index (χ0n) is 18.2. The minimum atomic E-state index is -0.119. The molecule has 160 valence electrons. The number of aromatic nitrogens is 1. The van der Waals surface area contributed by atoms with E-state index in [2.05, 4.69) is 54.1 Å². The fraction of sp³-hybridized carbons (Fsp3) is 0.231. The third-order valence-corrected chi connectivity index (χ3v) is 8.34. The van der Waals surface area contributed by atoms with Crippen molar-refractivity contribution in [3.05, 3.63) is 69.5 Å². The van der Waals surface area contributed by atoms with Gasteiger partial charge in [0.15, 0.2) is 0 Å². The molecule has 1 aliphatic carbocycles. The Hall–Kier alpha value is -2.98. The molecule has 2 heterocycles. The summed E-state index contributed by atoms with van der Waals surface area (Å²) in [5.74, 6) is 0. The summed E-state index contributed by atoms with van der Waals surface area (Å²) in [6.45, 7) is 5.26. The highest BCUT2D eigenvalue weighted by molar-refractivity contribution is 7.19. The molecule has 0 fully saturated rings. The Balaban J connectivity index is 1.54. The number of rotatable bonds is 5. The normalized spacial score (nSPS) is 14.3. The SMILES string of the molecule is CN(CCO)c1ccc2c(c1)C(C)(C)c1cc(/C=C(\C#N)c3nc4ccccc4s3)sc1-2. The average molecular weight is 458 g/mol. The van der Waals surface area contributed by atoms with Crippen LogP contribution in [0.1, 0.15) is 34.9 Å². The molecule has 4 aromatic rings. The highest BCUT2D eigenvalue weighted by atomic mass is 32.1. The van der Waals surface area contributed by atoms with Crippen LogP contribution in [0.5, 0.6) is 0 Å². The lowest BCUT2D eigenvalue weighted by Crippen LogP contribution is -2.22. The van der Waals surface area contributed by atoms with Crippen LogP contribution in [0, 0.1) is 11.3 Å². The Morgan fingerprint density at radius 3 is 2.72 bits per heavy atom. The van der Waals surface area contributed by atoms with Crippen molar-refractivity contribution in [3.8, 4) is 16.5 Å². The van der Waals surface area contributed by atoms with E-state index in [0.29, 0.717) is 12.1 Å². The van der Waals surface area contributed by atoms with Crippen molar-refractivity contribution in [2.24, 2.45) is 0 Å². The van der Waals surface area contributed by atoms with Crippen molar-refractivity contribution in [3.63, 3.8) is 0 Å². The highest BCUT2D eigenvalue weighted by Gasteiger charge is 2.37. The molecule has 2 aromatic carbocycles. The highest BCUT2D eigenvalue weighted by Crippen LogP contribution is 2.53. The first-order chi connectivity index (χ1) is 15.4. The average Bonchev–Trinajstić information content (AvgIpc) is 3.46. The summed E-state index contributed by atoms with van der Waals surface area (Å²) in [7, 11) is 2.00. The van der Waals surface area contributed by atoms with Crippen molar-refractivity contribution in [1.29, 1.82) is 5.26 Å². The molecule has 0 radical (unpaired) electrons. The Kier molecular flexibility index (Phi) is 5.13. The van der Waals surface area contributed by atoms with Gasteiger partial charge in [-0.3, -0.25) is 0 Å². The number of thiophene rings is 1. The van der Waals surface area contributed by atoms with Gasteiger partial charge in [-0.2, -0.15) is 5.26 Å². The number of thiazole rings is 1. The molecule has 0 amide bonds. The first-order valence-electron chi connectivity index (χ1n) is 10.5. The molecule has 0 unspecified atom stereocenters. The number of hydrogen-bond acceptors (Lipinski definition) is 6. The molecular formula is C26H23N3OS2. The Morgan fingerprint density at radius 2 is 1.97 bits per heavy atom. The van der Waals surface area contributed by atoms with Gasteiger partial charge in [0.25, 0.3) is 0 Å². The van der Waals surface area contributed by atoms with Crippen LogP contribution in [0.3, 0.4) is 0 Å². The summed E-state index contributed by atoms with van der Waals surface area (Å²) in [6, 6.07) is 19.1. The fourth-order valence-electron chi connectivity index (χ4n) is 4.33. The number of likely N-dealkylation sites (N-methyl/N-ethyl adjacent to an activating group) is 1. The quantitative estimate of drug-likeness (QED) is 0.365. The van der Waals surface area contributed by atoms with Gasteiger partial charge >= 0.3 is 0 Å². The van der Waals surface area contributed by atoms with Crippen LogP contribution in [-0.4, -0.2) is 30.3 Å². The number of aliphatic hydroxyl groups excluding tert-OH is 1. The minimum Gasteiger partial charge on any atom is -0.395 e. The van der Waals surface area contributed by atoms with E-state index in [9.17, 15) is 10.4 Å². The van der Waals surface area contributed by atoms with E-state index in [1.807, 2.05) is 37.4 Å². The van der Waals surface area contributed by atoms with E-state index in [1.165, 1.54) is 21.6 Å². The van der Waals surface area contributed by atoms with E-state index < -0.39 is 0 Å². The third-order valence-electron chi connectivity index (χ3n) is 6.15. The van der Waals surface area contributed by atoms with Crippen LogP contribution < -0.4 is 4.90 Å². The van der Waals surface area contributed by atoms with E-state index in [-0.39, 0.29) is 12.0 Å². The van der Waals surface area contributed by atoms with E-state index in [4.69, 9.17) is 0 Å². The van der Waals surface area contributed by atoms with Gasteiger partial charge in [-0.25, -0.2) is 4.98 Å². The number of hydrogen-bond donors (Lipinski definition) is 1. The lowest BCUT2D eigenvalue weighted by atomic mass is 9.82. The van der Waals surface area contributed by atoms with Crippen LogP contribution in [0.25, 0.3) is 32.3 Å². The van der Waals surface area contributed by atoms with Gasteiger partial charge in [0.1, 0.15) is 11.1 Å². The van der Waals surface area contributed by atoms with Crippen molar-refractivity contribution >= 4 is 50.2 Å². The zero-order valence-corrected chi connectivity index (χ0v) is 19.8. The lowest BCUT2D eigenvalue weighted by molar-refractivity contribution is 0.304. The zero-order chi connectivity index (χ0) is 22.5. The van der Waals surface area contributed by atoms with Crippen molar-refractivity contribution in [2.75, 3.05) is 25.1 Å². The largest absolute Gasteiger partial charge is 0.395 e. The molecule has 5 rings (SSSR count). The maximum Gasteiger partial charge on any atom is 0.135 e. The van der Waals surface area contributed by atoms with Gasteiger partial charge in [0.2, 0.25) is 0 Å². The lowest BCUT2D eigenvalue weighted by Gasteiger charge is -2.24. The van der Waals surface area contributed by atoms with E-state index >= 15 is 0 Å². The first kappa shape index (κ1) is 20.9. The second-order valence-electron chi connectivity index (χ2n) is 8.55. The van der Waals surface area contributed by atoms with Crippen LogP contribution in [0.2, 0.25) is 0 Å². The van der Waals surface area contributed by atoms with Gasteiger partial charge in [0, 0.05) is 34.4 Å². The molecular weight excluding hydrogens is 434 g/mol. The number of benzene rings is 2. The summed E-state index contributed by atoms with van der Waals surface area (Å²) in [5, 5.41) is 19.9. The molecule has 0 spiro atoms. The van der Waals surface area contributed by atoms with E-state index in [1.54, 1.807) is 22.7 Å². The van der Waals surface area contributed by atoms with Crippen LogP contribution in [0.15, 0.2) is 48.5 Å². The second-order valence-corrected chi connectivity index (χ2v) is 10.7. The first-order valence-corrected chi connectivity index (χ1v) is 12.1. The van der Waals surface area contributed by atoms with Crippen LogP contribution in [-0.2, 0) is 5.41 Å². The molecule has 0 bridgehead atoms. The number of nitriles is 1. The summed E-state index contributed by atoms with van der Waals surface area (Å²) in [6.07, 6.45) is 1.97. The monoisotopic (exact) mass is 457 g/mol. The molecule has 0 saturated carbocycles. The van der Waals surface area contributed by atoms with Crippen molar-refractivity contribution < 1.29 is 5.11 Å². The number of aliphatic hydroxyl groups is 1.